The summed E-state index contributed by atoms with van der Waals surface area (Å²) in [5.41, 5.74) is 1.00. The van der Waals surface area contributed by atoms with E-state index in [1.807, 2.05) is 6.92 Å². The number of aromatic carboxylic acids is 1. The third-order valence-corrected chi connectivity index (χ3v) is 2.67. The largest absolute Gasteiger partial charge is 0.478 e. The van der Waals surface area contributed by atoms with Crippen LogP contribution in [0.25, 0.3) is 0 Å². The standard InChI is InChI=1S/C14H22N2O3/c1-3-4-9-19-10-5-8-15-13-12(14(17)18)7-6-11(2)16-13/h6-7H,3-5,8-10H2,1-2H3,(H,15,16)(H,17,18). The summed E-state index contributed by atoms with van der Waals surface area (Å²) in [7, 11) is 0. The van der Waals surface area contributed by atoms with E-state index in [2.05, 4.69) is 17.2 Å². The van der Waals surface area contributed by atoms with Crippen LogP contribution in [-0.4, -0.2) is 35.8 Å². The van der Waals surface area contributed by atoms with Crippen molar-refractivity contribution in [2.24, 2.45) is 0 Å². The van der Waals surface area contributed by atoms with Gasteiger partial charge in [-0.3, -0.25) is 0 Å². The lowest BCUT2D eigenvalue weighted by molar-refractivity contribution is 0.0697. The molecule has 0 aromatic carbocycles. The maximum Gasteiger partial charge on any atom is 0.339 e. The van der Waals surface area contributed by atoms with Crippen molar-refractivity contribution in [2.75, 3.05) is 25.1 Å². The van der Waals surface area contributed by atoms with Gasteiger partial charge in [0.05, 0.1) is 0 Å². The first-order valence-corrected chi connectivity index (χ1v) is 6.67. The first kappa shape index (κ1) is 15.4. The summed E-state index contributed by atoms with van der Waals surface area (Å²) in [6.07, 6.45) is 3.04. The van der Waals surface area contributed by atoms with Crippen LogP contribution in [0.4, 0.5) is 5.82 Å². The van der Waals surface area contributed by atoms with Crippen LogP contribution < -0.4 is 5.32 Å². The average molecular weight is 266 g/mol. The smallest absolute Gasteiger partial charge is 0.339 e. The van der Waals surface area contributed by atoms with Crippen LogP contribution in [0.1, 0.15) is 42.2 Å². The normalized spacial score (nSPS) is 10.4. The van der Waals surface area contributed by atoms with E-state index in [-0.39, 0.29) is 5.56 Å². The molecule has 0 spiro atoms. The van der Waals surface area contributed by atoms with Crippen molar-refractivity contribution in [3.05, 3.63) is 23.4 Å². The molecular formula is C14H22N2O3. The minimum absolute atomic E-state index is 0.206. The van der Waals surface area contributed by atoms with Gasteiger partial charge in [0.25, 0.3) is 0 Å². The summed E-state index contributed by atoms with van der Waals surface area (Å²) in [5, 5.41) is 12.1. The predicted molar refractivity (Wildman–Crippen MR) is 74.8 cm³/mol. The van der Waals surface area contributed by atoms with Gasteiger partial charge in [-0.1, -0.05) is 13.3 Å². The van der Waals surface area contributed by atoms with Crippen molar-refractivity contribution >= 4 is 11.8 Å². The molecule has 0 amide bonds. The molecule has 0 fully saturated rings. The molecule has 1 aromatic heterocycles. The number of hydrogen-bond donors (Lipinski definition) is 2. The Bertz CT molecular complexity index is 408. The second-order valence-corrected chi connectivity index (χ2v) is 4.40. The summed E-state index contributed by atoms with van der Waals surface area (Å²) >= 11 is 0. The third-order valence-electron chi connectivity index (χ3n) is 2.67. The number of anilines is 1. The Morgan fingerprint density at radius 1 is 1.37 bits per heavy atom. The zero-order valence-electron chi connectivity index (χ0n) is 11.6. The van der Waals surface area contributed by atoms with Crippen LogP contribution in [0.2, 0.25) is 0 Å². The number of carboxylic acid groups (broad SMARTS) is 1. The highest BCUT2D eigenvalue weighted by atomic mass is 16.5. The zero-order chi connectivity index (χ0) is 14.1. The van der Waals surface area contributed by atoms with E-state index in [4.69, 9.17) is 9.84 Å². The lowest BCUT2D eigenvalue weighted by Crippen LogP contribution is -2.12. The quantitative estimate of drug-likeness (QED) is 0.672. The van der Waals surface area contributed by atoms with E-state index in [9.17, 15) is 4.79 Å². The van der Waals surface area contributed by atoms with E-state index in [1.54, 1.807) is 12.1 Å². The molecule has 0 aliphatic carbocycles. The van der Waals surface area contributed by atoms with Crippen LogP contribution in [0.5, 0.6) is 0 Å². The van der Waals surface area contributed by atoms with Gasteiger partial charge in [-0.15, -0.1) is 0 Å². The van der Waals surface area contributed by atoms with Gasteiger partial charge in [-0.2, -0.15) is 0 Å². The maximum absolute atomic E-state index is 11.0. The molecule has 106 valence electrons. The number of hydrogen-bond acceptors (Lipinski definition) is 4. The molecule has 2 N–H and O–H groups in total. The average Bonchev–Trinajstić information content (AvgIpc) is 2.37. The summed E-state index contributed by atoms with van der Waals surface area (Å²) < 4.78 is 5.44. The Labute approximate surface area is 114 Å². The molecule has 0 radical (unpaired) electrons. The second kappa shape index (κ2) is 8.48. The maximum atomic E-state index is 11.0. The van der Waals surface area contributed by atoms with Gasteiger partial charge in [-0.05, 0) is 31.9 Å². The molecule has 5 heteroatoms. The van der Waals surface area contributed by atoms with Gasteiger partial charge in [0.15, 0.2) is 0 Å². The Balaban J connectivity index is 2.36. The number of nitrogens with one attached hydrogen (secondary N) is 1. The van der Waals surface area contributed by atoms with Gasteiger partial charge in [0.2, 0.25) is 0 Å². The van der Waals surface area contributed by atoms with Crippen LogP contribution in [0.15, 0.2) is 12.1 Å². The number of nitrogens with zero attached hydrogens (tertiary/aromatic N) is 1. The van der Waals surface area contributed by atoms with Gasteiger partial charge < -0.3 is 15.2 Å². The highest BCUT2D eigenvalue weighted by Gasteiger charge is 2.10. The Kier molecular flexibility index (Phi) is 6.89. The third kappa shape index (κ3) is 5.70. The number of ether oxygens (including phenoxy) is 1. The number of carboxylic acids is 1. The Hall–Kier alpha value is -1.62. The van der Waals surface area contributed by atoms with Gasteiger partial charge in [0, 0.05) is 25.5 Å². The molecule has 0 unspecified atom stereocenters. The van der Waals surface area contributed by atoms with Gasteiger partial charge in [0.1, 0.15) is 11.4 Å². The zero-order valence-corrected chi connectivity index (χ0v) is 11.6. The summed E-state index contributed by atoms with van der Waals surface area (Å²) in [6.45, 7) is 6.09. The molecule has 0 saturated heterocycles. The van der Waals surface area contributed by atoms with Crippen LogP contribution in [-0.2, 0) is 4.74 Å². The van der Waals surface area contributed by atoms with E-state index in [0.29, 0.717) is 19.0 Å². The van der Waals surface area contributed by atoms with Crippen LogP contribution in [0.3, 0.4) is 0 Å². The lowest BCUT2D eigenvalue weighted by Gasteiger charge is -2.09. The summed E-state index contributed by atoms with van der Waals surface area (Å²) in [6, 6.07) is 3.27. The van der Waals surface area contributed by atoms with Crippen LogP contribution in [0, 0.1) is 6.92 Å². The first-order valence-electron chi connectivity index (χ1n) is 6.67. The molecule has 1 rings (SSSR count). The molecule has 0 atom stereocenters. The summed E-state index contributed by atoms with van der Waals surface area (Å²) in [4.78, 5) is 15.2. The van der Waals surface area contributed by atoms with Crippen molar-refractivity contribution in [1.82, 2.24) is 4.98 Å². The fourth-order valence-electron chi connectivity index (χ4n) is 1.59. The number of pyridine rings is 1. The highest BCUT2D eigenvalue weighted by molar-refractivity contribution is 5.93. The first-order chi connectivity index (χ1) is 9.15. The molecule has 0 saturated carbocycles. The molecule has 19 heavy (non-hydrogen) atoms. The van der Waals surface area contributed by atoms with E-state index >= 15 is 0 Å². The van der Waals surface area contributed by atoms with E-state index in [0.717, 1.165) is 31.6 Å². The number of rotatable bonds is 9. The van der Waals surface area contributed by atoms with Crippen molar-refractivity contribution in [1.29, 1.82) is 0 Å². The lowest BCUT2D eigenvalue weighted by atomic mass is 10.2. The second-order valence-electron chi connectivity index (χ2n) is 4.40. The minimum atomic E-state index is -0.964. The van der Waals surface area contributed by atoms with Crippen LogP contribution >= 0.6 is 0 Å². The van der Waals surface area contributed by atoms with Gasteiger partial charge >= 0.3 is 5.97 Å². The molecule has 0 bridgehead atoms. The highest BCUT2D eigenvalue weighted by Crippen LogP contribution is 2.13. The van der Waals surface area contributed by atoms with Gasteiger partial charge in [-0.25, -0.2) is 9.78 Å². The fraction of sp³-hybridized carbons (Fsp3) is 0.571. The predicted octanol–water partition coefficient (Wildman–Crippen LogP) is 2.71. The molecule has 5 nitrogen and oxygen atoms in total. The molecule has 0 aliphatic rings. The van der Waals surface area contributed by atoms with E-state index < -0.39 is 5.97 Å². The Morgan fingerprint density at radius 3 is 2.79 bits per heavy atom. The number of carbonyl (C=O) groups is 1. The van der Waals surface area contributed by atoms with Crippen molar-refractivity contribution in [2.45, 2.75) is 33.1 Å². The monoisotopic (exact) mass is 266 g/mol. The molecule has 1 heterocycles. The Morgan fingerprint density at radius 2 is 2.11 bits per heavy atom. The minimum Gasteiger partial charge on any atom is -0.478 e. The summed E-state index contributed by atoms with van der Waals surface area (Å²) in [5.74, 6) is -0.532. The fourth-order valence-corrected chi connectivity index (χ4v) is 1.59. The molecular weight excluding hydrogens is 244 g/mol. The van der Waals surface area contributed by atoms with Crippen molar-refractivity contribution in [3.8, 4) is 0 Å². The number of aromatic nitrogens is 1. The molecule has 0 aliphatic heterocycles. The number of aryl methyl sites for hydroxylation is 1. The number of unbranched alkanes of at least 4 members (excludes halogenated alkanes) is 1. The van der Waals surface area contributed by atoms with E-state index in [1.165, 1.54) is 0 Å². The van der Waals surface area contributed by atoms with Crippen molar-refractivity contribution < 1.29 is 14.6 Å². The molecule has 1 aromatic rings. The topological polar surface area (TPSA) is 71.5 Å². The van der Waals surface area contributed by atoms with Crippen molar-refractivity contribution in [3.63, 3.8) is 0 Å². The SMILES string of the molecule is CCCCOCCCNc1nc(C)ccc1C(=O)O.